The van der Waals surface area contributed by atoms with Crippen molar-refractivity contribution in [3.63, 3.8) is 0 Å². The highest BCUT2D eigenvalue weighted by Crippen LogP contribution is 2.31. The average molecular weight is 236 g/mol. The zero-order valence-corrected chi connectivity index (χ0v) is 9.87. The summed E-state index contributed by atoms with van der Waals surface area (Å²) in [6, 6.07) is 5.12. The van der Waals surface area contributed by atoms with Crippen LogP contribution in [0.25, 0.3) is 0 Å². The number of aryl methyl sites for hydroxylation is 2. The number of rotatable bonds is 3. The highest BCUT2D eigenvalue weighted by atomic mass is 19.1. The van der Waals surface area contributed by atoms with Gasteiger partial charge in [0, 0.05) is 0 Å². The molecule has 0 saturated carbocycles. The maximum atomic E-state index is 12.3. The Labute approximate surface area is 100 Å². The predicted octanol–water partition coefficient (Wildman–Crippen LogP) is 1.40. The average Bonchev–Trinajstić information content (AvgIpc) is 2.70. The number of hydrogen-bond donors (Lipinski definition) is 2. The fourth-order valence-electron chi connectivity index (χ4n) is 2.25. The molecule has 4 heteroatoms. The number of hydrogen-bond acceptors (Lipinski definition) is 2. The van der Waals surface area contributed by atoms with Crippen LogP contribution in [-0.4, -0.2) is 18.6 Å². The van der Waals surface area contributed by atoms with Gasteiger partial charge in [0.2, 0.25) is 5.91 Å². The number of fused-ring (bicyclic) bond motifs is 1. The monoisotopic (exact) mass is 236 g/mol. The first kappa shape index (κ1) is 12.0. The van der Waals surface area contributed by atoms with Gasteiger partial charge in [-0.25, -0.2) is 4.39 Å². The SMILES string of the molecule is Cc1ccc2c(c1)CC[C@H]2NC(=O)C(N)CF. The van der Waals surface area contributed by atoms with Gasteiger partial charge in [0.1, 0.15) is 12.7 Å². The van der Waals surface area contributed by atoms with Crippen LogP contribution in [0.2, 0.25) is 0 Å². The van der Waals surface area contributed by atoms with Crippen LogP contribution in [0, 0.1) is 6.92 Å². The van der Waals surface area contributed by atoms with E-state index in [4.69, 9.17) is 5.73 Å². The lowest BCUT2D eigenvalue weighted by Crippen LogP contribution is -2.43. The van der Waals surface area contributed by atoms with E-state index in [1.54, 1.807) is 0 Å². The fraction of sp³-hybridized carbons (Fsp3) is 0.462. The van der Waals surface area contributed by atoms with E-state index in [0.29, 0.717) is 0 Å². The molecule has 1 aliphatic carbocycles. The van der Waals surface area contributed by atoms with Crippen LogP contribution in [0.5, 0.6) is 0 Å². The van der Waals surface area contributed by atoms with Crippen molar-refractivity contribution in [2.24, 2.45) is 5.73 Å². The molecule has 0 aliphatic heterocycles. The molecule has 0 heterocycles. The quantitative estimate of drug-likeness (QED) is 0.833. The maximum Gasteiger partial charge on any atom is 0.240 e. The first-order valence-corrected chi connectivity index (χ1v) is 5.83. The molecule has 1 aromatic rings. The van der Waals surface area contributed by atoms with Crippen LogP contribution in [-0.2, 0) is 11.2 Å². The van der Waals surface area contributed by atoms with Gasteiger partial charge in [-0.1, -0.05) is 23.8 Å². The molecule has 92 valence electrons. The van der Waals surface area contributed by atoms with Crippen LogP contribution in [0.15, 0.2) is 18.2 Å². The Morgan fingerprint density at radius 2 is 2.41 bits per heavy atom. The molecule has 0 spiro atoms. The normalized spacial score (nSPS) is 19.8. The smallest absolute Gasteiger partial charge is 0.240 e. The molecule has 0 aromatic heterocycles. The van der Waals surface area contributed by atoms with E-state index in [1.165, 1.54) is 11.1 Å². The second-order valence-corrected chi connectivity index (χ2v) is 4.56. The Bertz CT molecular complexity index is 433. The zero-order chi connectivity index (χ0) is 12.4. The van der Waals surface area contributed by atoms with E-state index < -0.39 is 18.6 Å². The van der Waals surface area contributed by atoms with Gasteiger partial charge in [-0.2, -0.15) is 0 Å². The summed E-state index contributed by atoms with van der Waals surface area (Å²) in [5.74, 6) is -0.411. The Morgan fingerprint density at radius 3 is 3.12 bits per heavy atom. The number of amides is 1. The van der Waals surface area contributed by atoms with Crippen molar-refractivity contribution in [2.45, 2.75) is 31.8 Å². The van der Waals surface area contributed by atoms with Crippen molar-refractivity contribution in [1.82, 2.24) is 5.32 Å². The number of alkyl halides is 1. The van der Waals surface area contributed by atoms with Gasteiger partial charge in [0.25, 0.3) is 0 Å². The molecule has 0 bridgehead atoms. The van der Waals surface area contributed by atoms with Crippen LogP contribution in [0.3, 0.4) is 0 Å². The fourth-order valence-corrected chi connectivity index (χ4v) is 2.25. The largest absolute Gasteiger partial charge is 0.348 e. The molecule has 2 rings (SSSR count). The summed E-state index contributed by atoms with van der Waals surface area (Å²) in [5, 5.41) is 2.80. The number of carbonyl (C=O) groups excluding carboxylic acids is 1. The van der Waals surface area contributed by atoms with Crippen molar-refractivity contribution in [1.29, 1.82) is 0 Å². The molecule has 0 saturated heterocycles. The zero-order valence-electron chi connectivity index (χ0n) is 9.87. The van der Waals surface area contributed by atoms with E-state index in [1.807, 2.05) is 19.1 Å². The van der Waals surface area contributed by atoms with Crippen LogP contribution in [0.1, 0.15) is 29.2 Å². The minimum Gasteiger partial charge on any atom is -0.348 e. The summed E-state index contributed by atoms with van der Waals surface area (Å²) in [6.45, 7) is 1.23. The standard InChI is InChI=1S/C13H17FN2O/c1-8-2-4-10-9(6-8)3-5-12(10)16-13(17)11(15)7-14/h2,4,6,11-12H,3,5,7,15H2,1H3,(H,16,17)/t11?,12-/m1/s1. The van der Waals surface area contributed by atoms with Gasteiger partial charge < -0.3 is 11.1 Å². The molecule has 1 aliphatic rings. The molecule has 17 heavy (non-hydrogen) atoms. The number of carbonyl (C=O) groups is 1. The van der Waals surface area contributed by atoms with Crippen LogP contribution < -0.4 is 11.1 Å². The third-order valence-corrected chi connectivity index (χ3v) is 3.20. The molecule has 1 unspecified atom stereocenters. The lowest BCUT2D eigenvalue weighted by molar-refractivity contribution is -0.123. The number of nitrogens with two attached hydrogens (primary N) is 1. The first-order valence-electron chi connectivity index (χ1n) is 5.83. The Balaban J connectivity index is 2.10. The van der Waals surface area contributed by atoms with E-state index >= 15 is 0 Å². The van der Waals surface area contributed by atoms with Gasteiger partial charge in [0.05, 0.1) is 6.04 Å². The molecule has 0 fully saturated rings. The second-order valence-electron chi connectivity index (χ2n) is 4.56. The highest BCUT2D eigenvalue weighted by Gasteiger charge is 2.25. The Morgan fingerprint density at radius 1 is 1.65 bits per heavy atom. The summed E-state index contributed by atoms with van der Waals surface area (Å²) in [7, 11) is 0. The third kappa shape index (κ3) is 2.47. The molecule has 1 aromatic carbocycles. The highest BCUT2D eigenvalue weighted by molar-refractivity contribution is 5.82. The molecular formula is C13H17FN2O. The van der Waals surface area contributed by atoms with Crippen LogP contribution in [0.4, 0.5) is 4.39 Å². The van der Waals surface area contributed by atoms with Crippen LogP contribution >= 0.6 is 0 Å². The van der Waals surface area contributed by atoms with Gasteiger partial charge in [-0.3, -0.25) is 4.79 Å². The number of nitrogens with one attached hydrogen (secondary N) is 1. The number of halogens is 1. The summed E-state index contributed by atoms with van der Waals surface area (Å²) >= 11 is 0. The molecule has 2 atom stereocenters. The first-order chi connectivity index (χ1) is 8.11. The predicted molar refractivity (Wildman–Crippen MR) is 64.3 cm³/mol. The number of benzene rings is 1. The summed E-state index contributed by atoms with van der Waals surface area (Å²) < 4.78 is 12.3. The lowest BCUT2D eigenvalue weighted by atomic mass is 10.1. The van der Waals surface area contributed by atoms with Crippen molar-refractivity contribution in [3.8, 4) is 0 Å². The topological polar surface area (TPSA) is 55.1 Å². The molecular weight excluding hydrogens is 219 g/mol. The van der Waals surface area contributed by atoms with E-state index in [0.717, 1.165) is 18.4 Å². The van der Waals surface area contributed by atoms with E-state index in [9.17, 15) is 9.18 Å². The Kier molecular flexibility index (Phi) is 3.43. The van der Waals surface area contributed by atoms with Crippen molar-refractivity contribution >= 4 is 5.91 Å². The van der Waals surface area contributed by atoms with Gasteiger partial charge in [-0.05, 0) is 30.9 Å². The molecule has 3 N–H and O–H groups in total. The summed E-state index contributed by atoms with van der Waals surface area (Å²) in [4.78, 5) is 11.5. The maximum absolute atomic E-state index is 12.3. The minimum atomic E-state index is -1.05. The summed E-state index contributed by atoms with van der Waals surface area (Å²) in [5.41, 5.74) is 8.97. The van der Waals surface area contributed by atoms with Crippen molar-refractivity contribution < 1.29 is 9.18 Å². The summed E-state index contributed by atoms with van der Waals surface area (Å²) in [6.07, 6.45) is 1.82. The van der Waals surface area contributed by atoms with Crippen molar-refractivity contribution in [3.05, 3.63) is 34.9 Å². The van der Waals surface area contributed by atoms with Crippen molar-refractivity contribution in [2.75, 3.05) is 6.67 Å². The van der Waals surface area contributed by atoms with Gasteiger partial charge in [-0.15, -0.1) is 0 Å². The molecule has 1 amide bonds. The molecule has 0 radical (unpaired) electrons. The van der Waals surface area contributed by atoms with E-state index in [2.05, 4.69) is 11.4 Å². The third-order valence-electron chi connectivity index (χ3n) is 3.20. The van der Waals surface area contributed by atoms with Gasteiger partial charge in [0.15, 0.2) is 0 Å². The second kappa shape index (κ2) is 4.84. The lowest BCUT2D eigenvalue weighted by Gasteiger charge is -2.16. The Hall–Kier alpha value is -1.42. The minimum absolute atomic E-state index is 0.0179. The van der Waals surface area contributed by atoms with E-state index in [-0.39, 0.29) is 6.04 Å². The molecule has 3 nitrogen and oxygen atoms in total. The van der Waals surface area contributed by atoms with Gasteiger partial charge >= 0.3 is 0 Å².